The number of amides is 1. The molecule has 0 spiro atoms. The van der Waals surface area contributed by atoms with Crippen molar-refractivity contribution in [3.05, 3.63) is 39.9 Å². The number of rotatable bonds is 5. The minimum absolute atomic E-state index is 0.818. The van der Waals surface area contributed by atoms with E-state index >= 15 is 0 Å². The van der Waals surface area contributed by atoms with E-state index < -0.39 is 0 Å². The Hall–Kier alpha value is -1.92. The van der Waals surface area contributed by atoms with Crippen LogP contribution in [-0.4, -0.2) is 47.4 Å². The second-order valence-electron chi connectivity index (χ2n) is 6.29. The van der Waals surface area contributed by atoms with Gasteiger partial charge in [-0.3, -0.25) is 9.69 Å². The molecule has 2 heterocycles. The summed E-state index contributed by atoms with van der Waals surface area (Å²) in [5.74, 6) is 0. The molecule has 1 N–H and O–H groups in total. The average molecular weight is 344 g/mol. The van der Waals surface area contributed by atoms with Crippen LogP contribution < -0.4 is 5.32 Å². The number of carbonyl (C=O) groups is 1. The molecule has 1 aliphatic heterocycles. The van der Waals surface area contributed by atoms with E-state index in [9.17, 15) is 4.79 Å². The zero-order valence-corrected chi connectivity index (χ0v) is 15.3. The lowest BCUT2D eigenvalue weighted by molar-refractivity contribution is -0.119. The third-order valence-corrected chi connectivity index (χ3v) is 5.65. The Bertz CT molecular complexity index is 700. The lowest BCUT2D eigenvalue weighted by Gasteiger charge is -2.32. The van der Waals surface area contributed by atoms with Gasteiger partial charge in [-0.15, -0.1) is 11.3 Å². The number of carbonyl (C=O) groups excluding carboxylic acids is 1. The van der Waals surface area contributed by atoms with Crippen molar-refractivity contribution >= 4 is 28.6 Å². The van der Waals surface area contributed by atoms with Gasteiger partial charge in [-0.25, -0.2) is 4.98 Å². The van der Waals surface area contributed by atoms with E-state index in [1.165, 1.54) is 16.0 Å². The van der Waals surface area contributed by atoms with E-state index in [0.717, 1.165) is 55.6 Å². The van der Waals surface area contributed by atoms with Crippen LogP contribution >= 0.6 is 11.3 Å². The second-order valence-corrected chi connectivity index (χ2v) is 7.50. The van der Waals surface area contributed by atoms with Crippen LogP contribution in [0.2, 0.25) is 0 Å². The van der Waals surface area contributed by atoms with Crippen molar-refractivity contribution in [2.45, 2.75) is 27.3 Å². The van der Waals surface area contributed by atoms with Gasteiger partial charge in [0.1, 0.15) is 0 Å². The van der Waals surface area contributed by atoms with Crippen molar-refractivity contribution in [2.75, 3.05) is 31.5 Å². The van der Waals surface area contributed by atoms with Crippen LogP contribution in [0.3, 0.4) is 0 Å². The third kappa shape index (κ3) is 3.76. The average Bonchev–Trinajstić information content (AvgIpc) is 2.90. The van der Waals surface area contributed by atoms with Crippen molar-refractivity contribution in [1.29, 1.82) is 0 Å². The lowest BCUT2D eigenvalue weighted by atomic mass is 10.1. The number of hydrogen-bond donors (Lipinski definition) is 1. The van der Waals surface area contributed by atoms with Crippen LogP contribution in [0, 0.1) is 20.8 Å². The van der Waals surface area contributed by atoms with Crippen molar-refractivity contribution in [3.8, 4) is 0 Å². The fraction of sp³-hybridized carbons (Fsp3) is 0.444. The molecule has 2 aromatic rings. The molecule has 0 aliphatic carbocycles. The summed E-state index contributed by atoms with van der Waals surface area (Å²) in [6, 6.07) is 6.39. The fourth-order valence-corrected chi connectivity index (χ4v) is 3.73. The molecule has 24 heavy (non-hydrogen) atoms. The highest BCUT2D eigenvalue weighted by Gasteiger charge is 2.17. The molecule has 0 unspecified atom stereocenters. The Morgan fingerprint density at radius 3 is 2.58 bits per heavy atom. The number of aryl methyl sites for hydroxylation is 2. The van der Waals surface area contributed by atoms with E-state index in [0.29, 0.717) is 0 Å². The zero-order valence-electron chi connectivity index (χ0n) is 14.5. The predicted molar refractivity (Wildman–Crippen MR) is 99.0 cm³/mol. The van der Waals surface area contributed by atoms with E-state index in [-0.39, 0.29) is 0 Å². The van der Waals surface area contributed by atoms with Crippen LogP contribution in [0.4, 0.5) is 10.8 Å². The highest BCUT2D eigenvalue weighted by molar-refractivity contribution is 7.15. The summed E-state index contributed by atoms with van der Waals surface area (Å²) in [6.45, 7) is 10.7. The van der Waals surface area contributed by atoms with Crippen LogP contribution in [0.5, 0.6) is 0 Å². The smallest absolute Gasteiger partial charge is 0.209 e. The van der Waals surface area contributed by atoms with Gasteiger partial charge in [-0.05, 0) is 38.0 Å². The molecule has 3 rings (SSSR count). The van der Waals surface area contributed by atoms with Crippen molar-refractivity contribution in [2.24, 2.45) is 0 Å². The van der Waals surface area contributed by atoms with Crippen LogP contribution in [0.15, 0.2) is 18.2 Å². The molecule has 1 fully saturated rings. The van der Waals surface area contributed by atoms with Gasteiger partial charge < -0.3 is 10.2 Å². The number of hydrogen-bond acceptors (Lipinski definition) is 5. The van der Waals surface area contributed by atoms with E-state index in [4.69, 9.17) is 0 Å². The molecule has 0 atom stereocenters. The summed E-state index contributed by atoms with van der Waals surface area (Å²) >= 11 is 1.69. The number of piperazine rings is 1. The number of nitrogens with one attached hydrogen (secondary N) is 1. The Morgan fingerprint density at radius 1 is 1.21 bits per heavy atom. The number of nitrogens with zero attached hydrogens (tertiary/aromatic N) is 3. The van der Waals surface area contributed by atoms with Gasteiger partial charge in [-0.1, -0.05) is 12.1 Å². The SMILES string of the molecule is Cc1nc(Nc2cccc(CN3CCN(C=O)CC3)c2C)sc1C. The van der Waals surface area contributed by atoms with Gasteiger partial charge in [0, 0.05) is 43.3 Å². The first-order valence-corrected chi connectivity index (χ1v) is 9.09. The highest BCUT2D eigenvalue weighted by Crippen LogP contribution is 2.28. The molecule has 0 radical (unpaired) electrons. The molecule has 128 valence electrons. The van der Waals surface area contributed by atoms with Gasteiger partial charge in [0.2, 0.25) is 6.41 Å². The minimum Gasteiger partial charge on any atom is -0.343 e. The van der Waals surface area contributed by atoms with Crippen molar-refractivity contribution in [1.82, 2.24) is 14.8 Å². The van der Waals surface area contributed by atoms with E-state index in [1.807, 2.05) is 11.8 Å². The monoisotopic (exact) mass is 344 g/mol. The van der Waals surface area contributed by atoms with E-state index in [1.54, 1.807) is 11.3 Å². The first-order valence-electron chi connectivity index (χ1n) is 8.28. The highest BCUT2D eigenvalue weighted by atomic mass is 32.1. The summed E-state index contributed by atoms with van der Waals surface area (Å²) in [6.07, 6.45) is 0.950. The molecule has 1 aliphatic rings. The summed E-state index contributed by atoms with van der Waals surface area (Å²) < 4.78 is 0. The Kier molecular flexibility index (Phi) is 5.16. The van der Waals surface area contributed by atoms with Gasteiger partial charge >= 0.3 is 0 Å². The van der Waals surface area contributed by atoms with E-state index in [2.05, 4.69) is 47.2 Å². The topological polar surface area (TPSA) is 48.5 Å². The summed E-state index contributed by atoms with van der Waals surface area (Å²) in [7, 11) is 0. The summed E-state index contributed by atoms with van der Waals surface area (Å²) in [4.78, 5) is 20.9. The number of benzene rings is 1. The minimum atomic E-state index is 0.818. The number of aromatic nitrogens is 1. The summed E-state index contributed by atoms with van der Waals surface area (Å²) in [5, 5.41) is 4.41. The number of anilines is 2. The molecule has 1 aromatic heterocycles. The molecule has 1 aromatic carbocycles. The predicted octanol–water partition coefficient (Wildman–Crippen LogP) is 3.09. The molecule has 5 nitrogen and oxygen atoms in total. The standard InChI is InChI=1S/C18H24N4OS/c1-13-16(11-21-7-9-22(12-23)10-8-21)5-4-6-17(13)20-18-19-14(2)15(3)24-18/h4-6,12H,7-11H2,1-3H3,(H,19,20). The Balaban J connectivity index is 1.70. The van der Waals surface area contributed by atoms with Gasteiger partial charge in [0.15, 0.2) is 5.13 Å². The first-order chi connectivity index (χ1) is 11.6. The fourth-order valence-electron chi connectivity index (χ4n) is 2.90. The molecule has 0 bridgehead atoms. The maximum absolute atomic E-state index is 10.8. The summed E-state index contributed by atoms with van der Waals surface area (Å²) in [5.41, 5.74) is 4.79. The maximum Gasteiger partial charge on any atom is 0.209 e. The third-order valence-electron chi connectivity index (χ3n) is 4.67. The Morgan fingerprint density at radius 2 is 1.96 bits per heavy atom. The molecule has 1 saturated heterocycles. The van der Waals surface area contributed by atoms with Crippen LogP contribution in [-0.2, 0) is 11.3 Å². The van der Waals surface area contributed by atoms with Gasteiger partial charge in [-0.2, -0.15) is 0 Å². The molecule has 1 amide bonds. The molecular formula is C18H24N4OS. The van der Waals surface area contributed by atoms with Crippen molar-refractivity contribution < 1.29 is 4.79 Å². The molecular weight excluding hydrogens is 320 g/mol. The second kappa shape index (κ2) is 7.32. The largest absolute Gasteiger partial charge is 0.343 e. The number of thiazole rings is 1. The van der Waals surface area contributed by atoms with Crippen molar-refractivity contribution in [3.63, 3.8) is 0 Å². The maximum atomic E-state index is 10.8. The van der Waals surface area contributed by atoms with Crippen LogP contribution in [0.1, 0.15) is 21.7 Å². The molecule has 0 saturated carbocycles. The normalized spacial score (nSPS) is 15.5. The van der Waals surface area contributed by atoms with Gasteiger partial charge in [0.25, 0.3) is 0 Å². The molecule has 6 heteroatoms. The van der Waals surface area contributed by atoms with Crippen LogP contribution in [0.25, 0.3) is 0 Å². The zero-order chi connectivity index (χ0) is 17.1. The Labute approximate surface area is 147 Å². The quantitative estimate of drug-likeness (QED) is 0.847. The first kappa shape index (κ1) is 16.9. The lowest BCUT2D eigenvalue weighted by Crippen LogP contribution is -2.45. The van der Waals surface area contributed by atoms with Gasteiger partial charge in [0.05, 0.1) is 5.69 Å².